The number of nitrogens with zero attached hydrogens (tertiary/aromatic N) is 2. The molecule has 2 aliphatic heterocycles. The van der Waals surface area contributed by atoms with Gasteiger partial charge in [0.15, 0.2) is 0 Å². The molecule has 0 spiro atoms. The highest BCUT2D eigenvalue weighted by Crippen LogP contribution is 2.50. The zero-order valence-electron chi connectivity index (χ0n) is 16.4. The SMILES string of the molecule is CCc1ccccc1[C@@H]1C[C@H]1C(=O)N1C[C@@H](OC)C[C@H]1C(=O)N1CCCC1. The maximum absolute atomic E-state index is 13.3. The van der Waals surface area contributed by atoms with Crippen LogP contribution < -0.4 is 0 Å². The molecule has 2 saturated heterocycles. The fourth-order valence-corrected chi connectivity index (χ4v) is 4.84. The highest BCUT2D eigenvalue weighted by atomic mass is 16.5. The maximum Gasteiger partial charge on any atom is 0.245 e. The number of rotatable bonds is 5. The molecule has 3 fully saturated rings. The van der Waals surface area contributed by atoms with E-state index in [0.717, 1.165) is 38.8 Å². The number of ether oxygens (including phenoxy) is 1. The van der Waals surface area contributed by atoms with Gasteiger partial charge < -0.3 is 14.5 Å². The zero-order chi connectivity index (χ0) is 19.0. The number of benzene rings is 1. The van der Waals surface area contributed by atoms with Crippen LogP contribution in [0.4, 0.5) is 0 Å². The van der Waals surface area contributed by atoms with Crippen molar-refractivity contribution >= 4 is 11.8 Å². The lowest BCUT2D eigenvalue weighted by Gasteiger charge is -2.27. The Hall–Kier alpha value is -1.88. The van der Waals surface area contributed by atoms with Gasteiger partial charge in [-0.3, -0.25) is 9.59 Å². The van der Waals surface area contributed by atoms with Crippen LogP contribution >= 0.6 is 0 Å². The summed E-state index contributed by atoms with van der Waals surface area (Å²) in [6.07, 6.45) is 4.61. The predicted molar refractivity (Wildman–Crippen MR) is 103 cm³/mol. The van der Waals surface area contributed by atoms with Crippen LogP contribution in [0.3, 0.4) is 0 Å². The molecule has 27 heavy (non-hydrogen) atoms. The molecule has 2 amide bonds. The minimum atomic E-state index is -0.344. The van der Waals surface area contributed by atoms with Gasteiger partial charge in [-0.2, -0.15) is 0 Å². The third-order valence-electron chi connectivity index (χ3n) is 6.53. The highest BCUT2D eigenvalue weighted by Gasteiger charge is 2.51. The van der Waals surface area contributed by atoms with Crippen LogP contribution in [0.15, 0.2) is 24.3 Å². The van der Waals surface area contributed by atoms with Crippen LogP contribution in [-0.4, -0.2) is 60.5 Å². The van der Waals surface area contributed by atoms with Crippen LogP contribution in [0.2, 0.25) is 0 Å². The van der Waals surface area contributed by atoms with Crippen molar-refractivity contribution in [3.63, 3.8) is 0 Å². The average molecular weight is 370 g/mol. The van der Waals surface area contributed by atoms with Crippen molar-refractivity contribution in [2.24, 2.45) is 5.92 Å². The van der Waals surface area contributed by atoms with E-state index in [9.17, 15) is 9.59 Å². The summed E-state index contributed by atoms with van der Waals surface area (Å²) in [4.78, 5) is 30.0. The summed E-state index contributed by atoms with van der Waals surface area (Å²) in [7, 11) is 1.67. The first kappa shape index (κ1) is 18.5. The maximum atomic E-state index is 13.3. The third-order valence-corrected chi connectivity index (χ3v) is 6.53. The topological polar surface area (TPSA) is 49.9 Å². The normalized spacial score (nSPS) is 30.0. The second-order valence-electron chi connectivity index (χ2n) is 8.13. The number of amides is 2. The molecule has 1 saturated carbocycles. The van der Waals surface area contributed by atoms with Gasteiger partial charge in [-0.1, -0.05) is 31.2 Å². The number of hydrogen-bond donors (Lipinski definition) is 0. The van der Waals surface area contributed by atoms with E-state index in [0.29, 0.717) is 18.9 Å². The van der Waals surface area contributed by atoms with Gasteiger partial charge in [0, 0.05) is 39.1 Å². The molecule has 2 heterocycles. The molecule has 0 N–H and O–H groups in total. The first-order valence-electron chi connectivity index (χ1n) is 10.3. The molecule has 1 aromatic rings. The second-order valence-corrected chi connectivity index (χ2v) is 8.13. The molecule has 1 aromatic carbocycles. The van der Waals surface area contributed by atoms with Gasteiger partial charge in [0.05, 0.1) is 6.10 Å². The van der Waals surface area contributed by atoms with Crippen molar-refractivity contribution in [3.05, 3.63) is 35.4 Å². The Bertz CT molecular complexity index is 713. The Balaban J connectivity index is 1.49. The molecule has 146 valence electrons. The Morgan fingerprint density at radius 3 is 2.56 bits per heavy atom. The third kappa shape index (κ3) is 3.49. The molecule has 0 unspecified atom stereocenters. The van der Waals surface area contributed by atoms with Crippen molar-refractivity contribution in [2.45, 2.75) is 57.1 Å². The number of aryl methyl sites for hydroxylation is 1. The van der Waals surface area contributed by atoms with Crippen LogP contribution in [0.1, 0.15) is 49.7 Å². The molecule has 0 bridgehead atoms. The smallest absolute Gasteiger partial charge is 0.245 e. The molecular weight excluding hydrogens is 340 g/mol. The first-order chi connectivity index (χ1) is 13.1. The zero-order valence-corrected chi connectivity index (χ0v) is 16.4. The van der Waals surface area contributed by atoms with E-state index in [2.05, 4.69) is 31.2 Å². The van der Waals surface area contributed by atoms with E-state index in [1.165, 1.54) is 11.1 Å². The van der Waals surface area contributed by atoms with Gasteiger partial charge in [0.1, 0.15) is 6.04 Å². The first-order valence-corrected chi connectivity index (χ1v) is 10.3. The summed E-state index contributed by atoms with van der Waals surface area (Å²) in [6, 6.07) is 8.10. The summed E-state index contributed by atoms with van der Waals surface area (Å²) >= 11 is 0. The lowest BCUT2D eigenvalue weighted by Crippen LogP contribution is -2.47. The summed E-state index contributed by atoms with van der Waals surface area (Å²) in [5.74, 6) is 0.578. The number of carbonyl (C=O) groups excluding carboxylic acids is 2. The van der Waals surface area contributed by atoms with E-state index in [-0.39, 0.29) is 29.9 Å². The van der Waals surface area contributed by atoms with Gasteiger partial charge in [-0.15, -0.1) is 0 Å². The molecule has 3 aliphatic rings. The van der Waals surface area contributed by atoms with Crippen molar-refractivity contribution in [2.75, 3.05) is 26.7 Å². The monoisotopic (exact) mass is 370 g/mol. The van der Waals surface area contributed by atoms with Crippen molar-refractivity contribution in [3.8, 4) is 0 Å². The number of carbonyl (C=O) groups is 2. The Morgan fingerprint density at radius 2 is 1.85 bits per heavy atom. The molecule has 5 nitrogen and oxygen atoms in total. The Kier molecular flexibility index (Phi) is 5.22. The second kappa shape index (κ2) is 7.63. The van der Waals surface area contributed by atoms with E-state index in [4.69, 9.17) is 4.74 Å². The highest BCUT2D eigenvalue weighted by molar-refractivity contribution is 5.91. The molecule has 4 rings (SSSR count). The van der Waals surface area contributed by atoms with Gasteiger partial charge >= 0.3 is 0 Å². The minimum absolute atomic E-state index is 0.0159. The van der Waals surface area contributed by atoms with Gasteiger partial charge in [0.2, 0.25) is 11.8 Å². The van der Waals surface area contributed by atoms with E-state index < -0.39 is 0 Å². The van der Waals surface area contributed by atoms with Crippen LogP contribution in [-0.2, 0) is 20.7 Å². The Labute approximate surface area is 161 Å². The summed E-state index contributed by atoms with van der Waals surface area (Å²) < 4.78 is 5.52. The van der Waals surface area contributed by atoms with E-state index in [1.54, 1.807) is 7.11 Å². The summed E-state index contributed by atoms with van der Waals surface area (Å²) in [6.45, 7) is 4.35. The molecular formula is C22H30N2O3. The molecule has 5 heteroatoms. The number of likely N-dealkylation sites (tertiary alicyclic amines) is 2. The number of hydrogen-bond acceptors (Lipinski definition) is 3. The standard InChI is InChI=1S/C22H30N2O3/c1-3-15-8-4-5-9-17(15)18-13-19(18)21(25)24-14-16(27-2)12-20(24)22(26)23-10-6-7-11-23/h4-5,8-9,16,18-20H,3,6-7,10-14H2,1-2H3/t16-,18-,19+,20-/m0/s1. The summed E-state index contributed by atoms with van der Waals surface area (Å²) in [5, 5.41) is 0. The Morgan fingerprint density at radius 1 is 1.11 bits per heavy atom. The van der Waals surface area contributed by atoms with Gasteiger partial charge in [-0.05, 0) is 42.7 Å². The lowest BCUT2D eigenvalue weighted by atomic mass is 10.00. The van der Waals surface area contributed by atoms with Crippen LogP contribution in [0.5, 0.6) is 0 Å². The molecule has 0 radical (unpaired) electrons. The molecule has 1 aliphatic carbocycles. The van der Waals surface area contributed by atoms with Crippen LogP contribution in [0, 0.1) is 5.92 Å². The van der Waals surface area contributed by atoms with Crippen molar-refractivity contribution < 1.29 is 14.3 Å². The van der Waals surface area contributed by atoms with Crippen molar-refractivity contribution in [1.29, 1.82) is 0 Å². The number of methoxy groups -OCH3 is 1. The summed E-state index contributed by atoms with van der Waals surface area (Å²) in [5.41, 5.74) is 2.64. The molecule has 0 aromatic heterocycles. The van der Waals surface area contributed by atoms with E-state index >= 15 is 0 Å². The van der Waals surface area contributed by atoms with Gasteiger partial charge in [-0.25, -0.2) is 0 Å². The van der Waals surface area contributed by atoms with Crippen molar-refractivity contribution in [1.82, 2.24) is 9.80 Å². The van der Waals surface area contributed by atoms with Crippen LogP contribution in [0.25, 0.3) is 0 Å². The minimum Gasteiger partial charge on any atom is -0.380 e. The fraction of sp³-hybridized carbons (Fsp3) is 0.636. The molecule has 4 atom stereocenters. The fourth-order valence-electron chi connectivity index (χ4n) is 4.84. The van der Waals surface area contributed by atoms with Gasteiger partial charge in [0.25, 0.3) is 0 Å². The lowest BCUT2D eigenvalue weighted by molar-refractivity contribution is -0.144. The quantitative estimate of drug-likeness (QED) is 0.800. The van der Waals surface area contributed by atoms with E-state index in [1.807, 2.05) is 9.80 Å². The predicted octanol–water partition coefficient (Wildman–Crippen LogP) is 2.59. The largest absolute Gasteiger partial charge is 0.380 e. The average Bonchev–Trinajstić information content (AvgIpc) is 3.10.